The van der Waals surface area contributed by atoms with Gasteiger partial charge in [0.05, 0.1) is 16.0 Å². The minimum absolute atomic E-state index is 0.357. The quantitative estimate of drug-likeness (QED) is 0.632. The summed E-state index contributed by atoms with van der Waals surface area (Å²) in [4.78, 5) is 14.6. The molecule has 0 aliphatic rings. The lowest BCUT2D eigenvalue weighted by Crippen LogP contribution is -2.03. The standard InChI is InChI=1S/C13H8Cl2FNO/c14-11-2-1-8(5-12(11)15)10(7-18)9-3-4-17-13(16)6-9/h1-7,10H. The molecule has 92 valence electrons. The van der Waals surface area contributed by atoms with Gasteiger partial charge >= 0.3 is 0 Å². The highest BCUT2D eigenvalue weighted by Crippen LogP contribution is 2.29. The fraction of sp³-hybridized carbons (Fsp3) is 0.0769. The van der Waals surface area contributed by atoms with E-state index in [-0.39, 0.29) is 0 Å². The van der Waals surface area contributed by atoms with Gasteiger partial charge in [0, 0.05) is 6.20 Å². The van der Waals surface area contributed by atoms with E-state index in [1.165, 1.54) is 12.3 Å². The maximum atomic E-state index is 13.0. The Morgan fingerprint density at radius 2 is 1.83 bits per heavy atom. The van der Waals surface area contributed by atoms with Crippen molar-refractivity contribution >= 4 is 29.5 Å². The van der Waals surface area contributed by atoms with Crippen LogP contribution >= 0.6 is 23.2 Å². The van der Waals surface area contributed by atoms with E-state index in [1.54, 1.807) is 24.3 Å². The normalized spacial score (nSPS) is 12.2. The summed E-state index contributed by atoms with van der Waals surface area (Å²) in [7, 11) is 0. The zero-order valence-corrected chi connectivity index (χ0v) is 10.6. The van der Waals surface area contributed by atoms with Crippen molar-refractivity contribution in [3.63, 3.8) is 0 Å². The third kappa shape index (κ3) is 2.68. The molecule has 1 aromatic heterocycles. The number of aldehydes is 1. The Morgan fingerprint density at radius 3 is 2.44 bits per heavy atom. The third-order valence-corrected chi connectivity index (χ3v) is 3.29. The first-order valence-corrected chi connectivity index (χ1v) is 5.89. The molecule has 0 aliphatic heterocycles. The van der Waals surface area contributed by atoms with Crippen molar-refractivity contribution in [3.8, 4) is 0 Å². The molecule has 0 aliphatic carbocycles. The Morgan fingerprint density at radius 1 is 1.11 bits per heavy atom. The van der Waals surface area contributed by atoms with Crippen LogP contribution in [0.1, 0.15) is 17.0 Å². The smallest absolute Gasteiger partial charge is 0.213 e. The number of hydrogen-bond donors (Lipinski definition) is 0. The van der Waals surface area contributed by atoms with Gasteiger partial charge in [0.25, 0.3) is 0 Å². The van der Waals surface area contributed by atoms with Crippen LogP contribution in [-0.4, -0.2) is 11.3 Å². The summed E-state index contributed by atoms with van der Waals surface area (Å²) in [5, 5.41) is 0.765. The molecule has 0 bridgehead atoms. The van der Waals surface area contributed by atoms with Crippen LogP contribution < -0.4 is 0 Å². The maximum absolute atomic E-state index is 13.0. The summed E-state index contributed by atoms with van der Waals surface area (Å²) < 4.78 is 13.0. The topological polar surface area (TPSA) is 30.0 Å². The summed E-state index contributed by atoms with van der Waals surface area (Å²) in [6.45, 7) is 0. The SMILES string of the molecule is O=CC(c1ccnc(F)c1)c1ccc(Cl)c(Cl)c1. The van der Waals surface area contributed by atoms with E-state index in [1.807, 2.05) is 0 Å². The highest BCUT2D eigenvalue weighted by molar-refractivity contribution is 6.42. The van der Waals surface area contributed by atoms with E-state index in [0.29, 0.717) is 21.2 Å². The van der Waals surface area contributed by atoms with Crippen LogP contribution in [0, 0.1) is 5.95 Å². The molecule has 0 saturated carbocycles. The molecule has 0 saturated heterocycles. The minimum atomic E-state index is -0.626. The highest BCUT2D eigenvalue weighted by Gasteiger charge is 2.15. The van der Waals surface area contributed by atoms with Crippen LogP contribution in [0.5, 0.6) is 0 Å². The summed E-state index contributed by atoms with van der Waals surface area (Å²) in [6, 6.07) is 7.70. The molecule has 2 nitrogen and oxygen atoms in total. The molecule has 0 fully saturated rings. The summed E-state index contributed by atoms with van der Waals surface area (Å²) in [5.41, 5.74) is 1.18. The summed E-state index contributed by atoms with van der Waals surface area (Å²) >= 11 is 11.7. The van der Waals surface area contributed by atoms with Crippen LogP contribution in [-0.2, 0) is 4.79 Å². The monoisotopic (exact) mass is 283 g/mol. The fourth-order valence-corrected chi connectivity index (χ4v) is 1.97. The molecule has 0 N–H and O–H groups in total. The second-order valence-corrected chi connectivity index (χ2v) is 4.51. The molecule has 18 heavy (non-hydrogen) atoms. The first kappa shape index (κ1) is 13.0. The van der Waals surface area contributed by atoms with Crippen molar-refractivity contribution in [2.45, 2.75) is 5.92 Å². The van der Waals surface area contributed by atoms with E-state index >= 15 is 0 Å². The zero-order valence-electron chi connectivity index (χ0n) is 9.11. The molecule has 2 rings (SSSR count). The number of aromatic nitrogens is 1. The largest absolute Gasteiger partial charge is 0.302 e. The van der Waals surface area contributed by atoms with Gasteiger partial charge in [0.15, 0.2) is 0 Å². The molecule has 0 radical (unpaired) electrons. The Hall–Kier alpha value is -1.45. The summed E-state index contributed by atoms with van der Waals surface area (Å²) in [6.07, 6.45) is 2.05. The maximum Gasteiger partial charge on any atom is 0.213 e. The predicted molar refractivity (Wildman–Crippen MR) is 68.6 cm³/mol. The number of halogens is 3. The lowest BCUT2D eigenvalue weighted by Gasteiger charge is -2.11. The van der Waals surface area contributed by atoms with E-state index in [4.69, 9.17) is 23.2 Å². The highest BCUT2D eigenvalue weighted by atomic mass is 35.5. The predicted octanol–water partition coefficient (Wildman–Crippen LogP) is 3.86. The van der Waals surface area contributed by atoms with Crippen molar-refractivity contribution in [2.24, 2.45) is 0 Å². The van der Waals surface area contributed by atoms with Gasteiger partial charge in [-0.1, -0.05) is 29.3 Å². The molecule has 5 heteroatoms. The average molecular weight is 284 g/mol. The van der Waals surface area contributed by atoms with Gasteiger partial charge in [-0.25, -0.2) is 4.98 Å². The first-order valence-electron chi connectivity index (χ1n) is 5.13. The zero-order chi connectivity index (χ0) is 13.1. The molecular weight excluding hydrogens is 276 g/mol. The van der Waals surface area contributed by atoms with Crippen molar-refractivity contribution < 1.29 is 9.18 Å². The minimum Gasteiger partial charge on any atom is -0.302 e. The van der Waals surface area contributed by atoms with Crippen molar-refractivity contribution in [2.75, 3.05) is 0 Å². The van der Waals surface area contributed by atoms with Crippen LogP contribution in [0.3, 0.4) is 0 Å². The van der Waals surface area contributed by atoms with Crippen LogP contribution in [0.15, 0.2) is 36.5 Å². The van der Waals surface area contributed by atoms with Crippen LogP contribution in [0.4, 0.5) is 4.39 Å². The van der Waals surface area contributed by atoms with Gasteiger partial charge < -0.3 is 4.79 Å². The molecular formula is C13H8Cl2FNO. The van der Waals surface area contributed by atoms with Crippen molar-refractivity contribution in [1.29, 1.82) is 0 Å². The molecule has 1 aromatic carbocycles. The Bertz CT molecular complexity index is 589. The number of carbonyl (C=O) groups is 1. The second kappa shape index (κ2) is 5.46. The van der Waals surface area contributed by atoms with Crippen LogP contribution in [0.25, 0.3) is 0 Å². The Balaban J connectivity index is 2.45. The molecule has 2 aromatic rings. The number of carbonyl (C=O) groups excluding carboxylic acids is 1. The lowest BCUT2D eigenvalue weighted by atomic mass is 9.93. The van der Waals surface area contributed by atoms with E-state index in [2.05, 4.69) is 4.98 Å². The van der Waals surface area contributed by atoms with Gasteiger partial charge in [-0.2, -0.15) is 4.39 Å². The molecule has 1 atom stereocenters. The third-order valence-electron chi connectivity index (χ3n) is 2.55. The molecule has 1 unspecified atom stereocenters. The first-order chi connectivity index (χ1) is 8.61. The molecule has 0 amide bonds. The molecule has 0 spiro atoms. The van der Waals surface area contributed by atoms with E-state index in [0.717, 1.165) is 6.29 Å². The van der Waals surface area contributed by atoms with Gasteiger partial charge in [0.2, 0.25) is 5.95 Å². The average Bonchev–Trinajstić information content (AvgIpc) is 2.35. The second-order valence-electron chi connectivity index (χ2n) is 3.70. The lowest BCUT2D eigenvalue weighted by molar-refractivity contribution is -0.108. The Kier molecular flexibility index (Phi) is 3.94. The Labute approximate surface area is 113 Å². The summed E-state index contributed by atoms with van der Waals surface area (Å²) in [5.74, 6) is -1.21. The number of pyridine rings is 1. The van der Waals surface area contributed by atoms with Gasteiger partial charge in [-0.15, -0.1) is 0 Å². The fourth-order valence-electron chi connectivity index (χ4n) is 1.67. The van der Waals surface area contributed by atoms with Crippen molar-refractivity contribution in [3.05, 3.63) is 63.6 Å². The van der Waals surface area contributed by atoms with Crippen molar-refractivity contribution in [1.82, 2.24) is 4.98 Å². The number of nitrogens with zero attached hydrogens (tertiary/aromatic N) is 1. The van der Waals surface area contributed by atoms with Gasteiger partial charge in [-0.05, 0) is 35.4 Å². The van der Waals surface area contributed by atoms with Crippen LogP contribution in [0.2, 0.25) is 10.0 Å². The van der Waals surface area contributed by atoms with E-state index in [9.17, 15) is 9.18 Å². The number of benzene rings is 1. The number of hydrogen-bond acceptors (Lipinski definition) is 2. The number of rotatable bonds is 3. The van der Waals surface area contributed by atoms with E-state index < -0.39 is 11.9 Å². The van der Waals surface area contributed by atoms with Gasteiger partial charge in [-0.3, -0.25) is 0 Å². The molecule has 1 heterocycles. The van der Waals surface area contributed by atoms with Gasteiger partial charge in [0.1, 0.15) is 6.29 Å².